The highest BCUT2D eigenvalue weighted by molar-refractivity contribution is 6.19. The van der Waals surface area contributed by atoms with Crippen LogP contribution in [0.3, 0.4) is 0 Å². The Kier molecular flexibility index (Phi) is 5.49. The molecule has 92 valence electrons. The topological polar surface area (TPSA) is 58.2 Å². The van der Waals surface area contributed by atoms with E-state index in [0.29, 0.717) is 5.69 Å². The molecule has 0 aliphatic carbocycles. The first-order valence-electron chi connectivity index (χ1n) is 5.41. The third kappa shape index (κ3) is 4.87. The van der Waals surface area contributed by atoms with Crippen LogP contribution in [0.15, 0.2) is 24.3 Å². The fourth-order valence-electron chi connectivity index (χ4n) is 1.31. The number of imide groups is 1. The molecule has 2 N–H and O–H groups in total. The zero-order valence-electron chi connectivity index (χ0n) is 9.63. The van der Waals surface area contributed by atoms with Crippen LogP contribution in [0, 0.1) is 0 Å². The lowest BCUT2D eigenvalue weighted by Gasteiger charge is -2.07. The van der Waals surface area contributed by atoms with Crippen LogP contribution >= 0.6 is 11.6 Å². The van der Waals surface area contributed by atoms with Gasteiger partial charge in [0.15, 0.2) is 0 Å². The van der Waals surface area contributed by atoms with Gasteiger partial charge in [0.25, 0.3) is 0 Å². The zero-order chi connectivity index (χ0) is 12.7. The average molecular weight is 255 g/mol. The summed E-state index contributed by atoms with van der Waals surface area (Å²) in [7, 11) is 0. The number of anilines is 1. The van der Waals surface area contributed by atoms with E-state index >= 15 is 0 Å². The Labute approximate surface area is 105 Å². The van der Waals surface area contributed by atoms with Gasteiger partial charge in [0.2, 0.25) is 5.91 Å². The van der Waals surface area contributed by atoms with E-state index in [1.54, 1.807) is 6.07 Å². The first kappa shape index (κ1) is 13.5. The van der Waals surface area contributed by atoms with Crippen LogP contribution in [0.5, 0.6) is 0 Å². The van der Waals surface area contributed by atoms with Gasteiger partial charge in [-0.2, -0.15) is 0 Å². The number of nitrogens with one attached hydrogen (secondary N) is 2. The van der Waals surface area contributed by atoms with Gasteiger partial charge in [0.05, 0.1) is 0 Å². The number of urea groups is 1. The molecule has 0 saturated heterocycles. The molecule has 0 unspecified atom stereocenters. The fourth-order valence-corrected chi connectivity index (χ4v) is 1.48. The van der Waals surface area contributed by atoms with Gasteiger partial charge in [-0.25, -0.2) is 4.79 Å². The summed E-state index contributed by atoms with van der Waals surface area (Å²) in [6, 6.07) is 6.93. The van der Waals surface area contributed by atoms with Crippen molar-refractivity contribution in [3.8, 4) is 0 Å². The molecule has 0 atom stereocenters. The highest BCUT2D eigenvalue weighted by Crippen LogP contribution is 2.10. The maximum absolute atomic E-state index is 11.4. The second-order valence-electron chi connectivity index (χ2n) is 3.50. The third-order valence-electron chi connectivity index (χ3n) is 2.17. The van der Waals surface area contributed by atoms with E-state index in [0.717, 1.165) is 12.0 Å². The molecule has 3 amide bonds. The lowest BCUT2D eigenvalue weighted by Crippen LogP contribution is -2.34. The standard InChI is InChI=1S/C12H15ClN2O2/c1-2-9-4-3-5-10(8-9)14-12(17)15-11(16)6-7-13/h3-5,8H,2,6-7H2,1H3,(H2,14,15,16,17). The quantitative estimate of drug-likeness (QED) is 0.812. The molecule has 1 aromatic rings. The van der Waals surface area contributed by atoms with Crippen molar-refractivity contribution in [3.63, 3.8) is 0 Å². The monoisotopic (exact) mass is 254 g/mol. The van der Waals surface area contributed by atoms with E-state index in [2.05, 4.69) is 10.6 Å². The molecule has 5 heteroatoms. The van der Waals surface area contributed by atoms with Crippen molar-refractivity contribution in [2.75, 3.05) is 11.2 Å². The third-order valence-corrected chi connectivity index (χ3v) is 2.36. The minimum Gasteiger partial charge on any atom is -0.308 e. The van der Waals surface area contributed by atoms with Crippen molar-refractivity contribution in [2.45, 2.75) is 19.8 Å². The Hall–Kier alpha value is -1.55. The summed E-state index contributed by atoms with van der Waals surface area (Å²) in [5.74, 6) is -0.186. The largest absolute Gasteiger partial charge is 0.325 e. The smallest absolute Gasteiger partial charge is 0.308 e. The summed E-state index contributed by atoms with van der Waals surface area (Å²) in [6.45, 7) is 2.03. The van der Waals surface area contributed by atoms with Crippen molar-refractivity contribution in [1.29, 1.82) is 0 Å². The van der Waals surface area contributed by atoms with Crippen molar-refractivity contribution in [1.82, 2.24) is 5.32 Å². The lowest BCUT2D eigenvalue weighted by atomic mass is 10.1. The Morgan fingerprint density at radius 3 is 2.76 bits per heavy atom. The molecule has 1 aromatic carbocycles. The van der Waals surface area contributed by atoms with E-state index in [4.69, 9.17) is 11.6 Å². The number of hydrogen-bond acceptors (Lipinski definition) is 2. The maximum atomic E-state index is 11.4. The Bertz CT molecular complexity index is 407. The SMILES string of the molecule is CCc1cccc(NC(=O)NC(=O)CCCl)c1. The van der Waals surface area contributed by atoms with E-state index in [1.807, 2.05) is 25.1 Å². The van der Waals surface area contributed by atoms with Gasteiger partial charge < -0.3 is 5.32 Å². The van der Waals surface area contributed by atoms with Crippen molar-refractivity contribution in [3.05, 3.63) is 29.8 Å². The van der Waals surface area contributed by atoms with Crippen LogP contribution in [0.2, 0.25) is 0 Å². The second kappa shape index (κ2) is 6.91. The molecule has 17 heavy (non-hydrogen) atoms. The average Bonchev–Trinajstić information content (AvgIpc) is 2.29. The van der Waals surface area contributed by atoms with Gasteiger partial charge >= 0.3 is 6.03 Å². The van der Waals surface area contributed by atoms with Gasteiger partial charge in [-0.05, 0) is 24.1 Å². The van der Waals surface area contributed by atoms with Crippen LogP contribution in [-0.2, 0) is 11.2 Å². The molecule has 0 saturated carbocycles. The Balaban J connectivity index is 2.52. The summed E-state index contributed by atoms with van der Waals surface area (Å²) in [5.41, 5.74) is 1.79. The van der Waals surface area contributed by atoms with Gasteiger partial charge in [0, 0.05) is 18.0 Å². The zero-order valence-corrected chi connectivity index (χ0v) is 10.4. The van der Waals surface area contributed by atoms with Crippen molar-refractivity contribution >= 4 is 29.2 Å². The van der Waals surface area contributed by atoms with E-state index < -0.39 is 6.03 Å². The number of carbonyl (C=O) groups excluding carboxylic acids is 2. The number of aryl methyl sites for hydroxylation is 1. The molecule has 0 heterocycles. The highest BCUT2D eigenvalue weighted by Gasteiger charge is 2.06. The van der Waals surface area contributed by atoms with Crippen LogP contribution in [0.25, 0.3) is 0 Å². The Morgan fingerprint density at radius 2 is 2.12 bits per heavy atom. The van der Waals surface area contributed by atoms with Gasteiger partial charge in [-0.1, -0.05) is 19.1 Å². The molecule has 4 nitrogen and oxygen atoms in total. The highest BCUT2D eigenvalue weighted by atomic mass is 35.5. The van der Waals surface area contributed by atoms with Crippen LogP contribution < -0.4 is 10.6 Å². The minimum absolute atomic E-state index is 0.129. The second-order valence-corrected chi connectivity index (χ2v) is 3.87. The molecule has 0 aromatic heterocycles. The predicted octanol–water partition coefficient (Wildman–Crippen LogP) is 2.53. The number of carbonyl (C=O) groups is 2. The summed E-state index contributed by atoms with van der Waals surface area (Å²) in [6.07, 6.45) is 1.02. The van der Waals surface area contributed by atoms with E-state index in [1.165, 1.54) is 0 Å². The molecule has 0 aliphatic heterocycles. The molecule has 0 bridgehead atoms. The Morgan fingerprint density at radius 1 is 1.35 bits per heavy atom. The summed E-state index contributed by atoms with van der Waals surface area (Å²) in [4.78, 5) is 22.5. The maximum Gasteiger partial charge on any atom is 0.325 e. The minimum atomic E-state index is -0.534. The van der Waals surface area contributed by atoms with Crippen molar-refractivity contribution in [2.24, 2.45) is 0 Å². The molecule has 0 radical (unpaired) electrons. The molecule has 1 rings (SSSR count). The van der Waals surface area contributed by atoms with Crippen LogP contribution in [0.1, 0.15) is 18.9 Å². The van der Waals surface area contributed by atoms with E-state index in [-0.39, 0.29) is 18.2 Å². The van der Waals surface area contributed by atoms with Gasteiger partial charge in [-0.3, -0.25) is 10.1 Å². The summed E-state index contributed by atoms with van der Waals surface area (Å²) >= 11 is 5.39. The molecule has 0 aliphatic rings. The van der Waals surface area contributed by atoms with Gasteiger partial charge in [0.1, 0.15) is 0 Å². The molecular weight excluding hydrogens is 240 g/mol. The predicted molar refractivity (Wildman–Crippen MR) is 68.3 cm³/mol. The fraction of sp³-hybridized carbons (Fsp3) is 0.333. The van der Waals surface area contributed by atoms with Crippen LogP contribution in [0.4, 0.5) is 10.5 Å². The normalized spacial score (nSPS) is 9.76. The number of alkyl halides is 1. The summed E-state index contributed by atoms with van der Waals surface area (Å²) in [5, 5.41) is 4.79. The molecular formula is C12H15ClN2O2. The van der Waals surface area contributed by atoms with Gasteiger partial charge in [-0.15, -0.1) is 11.6 Å². The van der Waals surface area contributed by atoms with E-state index in [9.17, 15) is 9.59 Å². The number of rotatable bonds is 4. The molecule has 0 spiro atoms. The lowest BCUT2D eigenvalue weighted by molar-refractivity contribution is -0.119. The summed E-state index contributed by atoms with van der Waals surface area (Å²) < 4.78 is 0. The number of benzene rings is 1. The van der Waals surface area contributed by atoms with Crippen molar-refractivity contribution < 1.29 is 9.59 Å². The first-order chi connectivity index (χ1) is 8.15. The van der Waals surface area contributed by atoms with Crippen LogP contribution in [-0.4, -0.2) is 17.8 Å². The number of amides is 3. The number of halogens is 1. The number of hydrogen-bond donors (Lipinski definition) is 2. The first-order valence-corrected chi connectivity index (χ1v) is 5.95. The molecule has 0 fully saturated rings.